The number of fused-ring (bicyclic) bond motifs is 1. The normalized spacial score (nSPS) is 20.1. The summed E-state index contributed by atoms with van der Waals surface area (Å²) in [6.07, 6.45) is 4.82. The Morgan fingerprint density at radius 1 is 1.17 bits per heavy atom. The maximum absolute atomic E-state index is 13.2. The smallest absolute Gasteiger partial charge is 0.226 e. The molecular formula is C22H20ClN5O. The van der Waals surface area contributed by atoms with Crippen molar-refractivity contribution in [2.24, 2.45) is 5.41 Å². The van der Waals surface area contributed by atoms with E-state index in [0.29, 0.717) is 23.2 Å². The number of aromatic nitrogens is 4. The maximum Gasteiger partial charge on any atom is 0.226 e. The van der Waals surface area contributed by atoms with Gasteiger partial charge in [0.1, 0.15) is 6.04 Å². The highest BCUT2D eigenvalue weighted by Gasteiger charge is 2.41. The lowest BCUT2D eigenvalue weighted by atomic mass is 9.73. The second kappa shape index (κ2) is 6.52. The van der Waals surface area contributed by atoms with Crippen molar-refractivity contribution in [1.82, 2.24) is 19.7 Å². The Morgan fingerprint density at radius 3 is 2.69 bits per heavy atom. The number of hydrogen-bond acceptors (Lipinski definition) is 5. The topological polar surface area (TPSA) is 72.7 Å². The number of ketones is 1. The lowest BCUT2D eigenvalue weighted by molar-refractivity contribution is -0.118. The van der Waals surface area contributed by atoms with Gasteiger partial charge in [-0.1, -0.05) is 31.5 Å². The van der Waals surface area contributed by atoms with E-state index in [1.54, 1.807) is 17.1 Å². The van der Waals surface area contributed by atoms with Gasteiger partial charge in [0.05, 0.1) is 0 Å². The van der Waals surface area contributed by atoms with Crippen LogP contribution >= 0.6 is 11.6 Å². The van der Waals surface area contributed by atoms with Gasteiger partial charge in [0, 0.05) is 40.7 Å². The molecule has 1 aliphatic carbocycles. The molecule has 1 atom stereocenters. The van der Waals surface area contributed by atoms with Crippen molar-refractivity contribution < 1.29 is 4.79 Å². The van der Waals surface area contributed by atoms with Gasteiger partial charge in [-0.15, -0.1) is 5.10 Å². The number of anilines is 1. The van der Waals surface area contributed by atoms with Crippen LogP contribution in [0.5, 0.6) is 0 Å². The molecule has 0 saturated carbocycles. The zero-order valence-corrected chi connectivity index (χ0v) is 16.9. The SMILES string of the molecule is CC1(C)CC(=O)C2=C(C1)Nc1nc(-c3ccc(Cl)cc3)nn1C2c1cccnc1. The minimum Gasteiger partial charge on any atom is -0.328 e. The number of Topliss-reactive ketones (excluding diaryl/α,β-unsaturated/α-hetero) is 1. The molecule has 0 radical (unpaired) electrons. The fourth-order valence-electron chi connectivity index (χ4n) is 4.18. The Hall–Kier alpha value is -2.99. The number of hydrogen-bond donors (Lipinski definition) is 1. The number of carbonyl (C=O) groups is 1. The van der Waals surface area contributed by atoms with E-state index in [4.69, 9.17) is 21.7 Å². The molecule has 7 heteroatoms. The Kier molecular flexibility index (Phi) is 4.06. The summed E-state index contributed by atoms with van der Waals surface area (Å²) >= 11 is 6.02. The van der Waals surface area contributed by atoms with Gasteiger partial charge in [-0.05, 0) is 47.7 Å². The number of halogens is 1. The van der Waals surface area contributed by atoms with Gasteiger partial charge in [0.15, 0.2) is 11.6 Å². The molecule has 6 nitrogen and oxygen atoms in total. The molecule has 1 unspecified atom stereocenters. The van der Waals surface area contributed by atoms with Gasteiger partial charge >= 0.3 is 0 Å². The van der Waals surface area contributed by atoms with Crippen LogP contribution < -0.4 is 5.32 Å². The first-order valence-corrected chi connectivity index (χ1v) is 9.95. The van der Waals surface area contributed by atoms with Crippen LogP contribution in [0.4, 0.5) is 5.95 Å². The molecule has 146 valence electrons. The molecule has 0 saturated heterocycles. The van der Waals surface area contributed by atoms with Gasteiger partial charge < -0.3 is 5.32 Å². The lowest BCUT2D eigenvalue weighted by Gasteiger charge is -2.38. The summed E-state index contributed by atoms with van der Waals surface area (Å²) in [7, 11) is 0. The van der Waals surface area contributed by atoms with E-state index < -0.39 is 0 Å². The Balaban J connectivity index is 1.67. The maximum atomic E-state index is 13.2. The molecule has 5 rings (SSSR count). The first-order chi connectivity index (χ1) is 13.9. The van der Waals surface area contributed by atoms with E-state index in [-0.39, 0.29) is 17.2 Å². The van der Waals surface area contributed by atoms with Crippen molar-refractivity contribution in [3.05, 3.63) is 70.6 Å². The van der Waals surface area contributed by atoms with Crippen LogP contribution in [0.3, 0.4) is 0 Å². The highest BCUT2D eigenvalue weighted by Crippen LogP contribution is 2.45. The van der Waals surface area contributed by atoms with Gasteiger partial charge in [0.2, 0.25) is 5.95 Å². The molecule has 1 aliphatic heterocycles. The second-order valence-electron chi connectivity index (χ2n) is 8.36. The fraction of sp³-hybridized carbons (Fsp3) is 0.273. The summed E-state index contributed by atoms with van der Waals surface area (Å²) in [6, 6.07) is 10.9. The number of nitrogens with one attached hydrogen (secondary N) is 1. The van der Waals surface area contributed by atoms with Crippen LogP contribution in [0.1, 0.15) is 38.3 Å². The van der Waals surface area contributed by atoms with Gasteiger partial charge in [-0.25, -0.2) is 4.68 Å². The van der Waals surface area contributed by atoms with Crippen molar-refractivity contribution in [2.75, 3.05) is 5.32 Å². The van der Waals surface area contributed by atoms with Crippen LogP contribution in [0, 0.1) is 5.41 Å². The Morgan fingerprint density at radius 2 is 1.97 bits per heavy atom. The zero-order valence-electron chi connectivity index (χ0n) is 16.2. The summed E-state index contributed by atoms with van der Waals surface area (Å²) in [5, 5.41) is 8.81. The van der Waals surface area contributed by atoms with E-state index in [2.05, 4.69) is 24.1 Å². The molecule has 0 bridgehead atoms. The number of nitrogens with zero attached hydrogens (tertiary/aromatic N) is 4. The number of carbonyl (C=O) groups excluding carboxylic acids is 1. The van der Waals surface area contributed by atoms with E-state index in [9.17, 15) is 4.79 Å². The number of rotatable bonds is 2. The van der Waals surface area contributed by atoms with Crippen LogP contribution in [0.2, 0.25) is 5.02 Å². The molecule has 1 N–H and O–H groups in total. The Bertz CT molecular complexity index is 1130. The highest BCUT2D eigenvalue weighted by molar-refractivity contribution is 6.30. The molecule has 0 fully saturated rings. The molecular weight excluding hydrogens is 386 g/mol. The van der Waals surface area contributed by atoms with E-state index in [1.165, 1.54) is 0 Å². The third-order valence-corrected chi connectivity index (χ3v) is 5.69. The van der Waals surface area contributed by atoms with Crippen molar-refractivity contribution in [2.45, 2.75) is 32.7 Å². The van der Waals surface area contributed by atoms with Crippen molar-refractivity contribution in [1.29, 1.82) is 0 Å². The van der Waals surface area contributed by atoms with E-state index in [1.807, 2.05) is 36.4 Å². The monoisotopic (exact) mass is 405 g/mol. The summed E-state index contributed by atoms with van der Waals surface area (Å²) < 4.78 is 1.80. The van der Waals surface area contributed by atoms with E-state index >= 15 is 0 Å². The molecule has 0 amide bonds. The van der Waals surface area contributed by atoms with Crippen molar-refractivity contribution in [3.63, 3.8) is 0 Å². The summed E-state index contributed by atoms with van der Waals surface area (Å²) in [6.45, 7) is 4.24. The molecule has 3 heterocycles. The number of benzene rings is 1. The molecule has 29 heavy (non-hydrogen) atoms. The first kappa shape index (κ1) is 18.1. The summed E-state index contributed by atoms with van der Waals surface area (Å²) in [5.74, 6) is 1.37. The van der Waals surface area contributed by atoms with Crippen molar-refractivity contribution in [3.8, 4) is 11.4 Å². The molecule has 3 aromatic rings. The first-order valence-electron chi connectivity index (χ1n) is 9.57. The molecule has 0 spiro atoms. The van der Waals surface area contributed by atoms with Crippen LogP contribution in [-0.2, 0) is 4.79 Å². The average Bonchev–Trinajstić information content (AvgIpc) is 3.10. The van der Waals surface area contributed by atoms with Crippen LogP contribution in [0.15, 0.2) is 60.1 Å². The minimum atomic E-state index is -0.341. The van der Waals surface area contributed by atoms with Crippen LogP contribution in [0.25, 0.3) is 11.4 Å². The zero-order chi connectivity index (χ0) is 20.2. The van der Waals surface area contributed by atoms with Crippen LogP contribution in [-0.4, -0.2) is 25.5 Å². The molecule has 2 aromatic heterocycles. The average molecular weight is 406 g/mol. The number of pyridine rings is 1. The lowest BCUT2D eigenvalue weighted by Crippen LogP contribution is -2.36. The summed E-state index contributed by atoms with van der Waals surface area (Å²) in [5.41, 5.74) is 3.39. The summed E-state index contributed by atoms with van der Waals surface area (Å²) in [4.78, 5) is 22.1. The van der Waals surface area contributed by atoms with Gasteiger partial charge in [-0.2, -0.15) is 4.98 Å². The largest absolute Gasteiger partial charge is 0.328 e. The second-order valence-corrected chi connectivity index (χ2v) is 8.79. The minimum absolute atomic E-state index is 0.0936. The predicted molar refractivity (Wildman–Crippen MR) is 112 cm³/mol. The Labute approximate surface area is 173 Å². The molecule has 1 aromatic carbocycles. The number of allylic oxidation sites excluding steroid dienone is 2. The molecule has 2 aliphatic rings. The third kappa shape index (κ3) is 3.13. The van der Waals surface area contributed by atoms with Gasteiger partial charge in [-0.3, -0.25) is 9.78 Å². The third-order valence-electron chi connectivity index (χ3n) is 5.43. The highest BCUT2D eigenvalue weighted by atomic mass is 35.5. The van der Waals surface area contributed by atoms with E-state index in [0.717, 1.165) is 28.8 Å². The quantitative estimate of drug-likeness (QED) is 0.671. The fourth-order valence-corrected chi connectivity index (χ4v) is 4.30. The van der Waals surface area contributed by atoms with Gasteiger partial charge in [0.25, 0.3) is 0 Å². The predicted octanol–water partition coefficient (Wildman–Crippen LogP) is 4.65. The van der Waals surface area contributed by atoms with Crippen molar-refractivity contribution >= 4 is 23.3 Å². The standard InChI is InChI=1S/C22H20ClN5O/c1-22(2)10-16-18(17(29)11-22)19(14-4-3-9-24-12-14)28-21(25-16)26-20(27-28)13-5-7-15(23)8-6-13/h3-9,12,19H,10-11H2,1-2H3,(H,25,26,27).